The van der Waals surface area contributed by atoms with E-state index in [4.69, 9.17) is 4.74 Å². The molecule has 1 fully saturated rings. The average Bonchev–Trinajstić information content (AvgIpc) is 2.54. The first-order valence-electron chi connectivity index (χ1n) is 7.81. The van der Waals surface area contributed by atoms with Gasteiger partial charge >= 0.3 is 5.97 Å². The maximum absolute atomic E-state index is 11.7. The van der Waals surface area contributed by atoms with Crippen LogP contribution >= 0.6 is 0 Å². The number of esters is 1. The van der Waals surface area contributed by atoms with E-state index in [2.05, 4.69) is 32.6 Å². The lowest BCUT2D eigenvalue weighted by Gasteiger charge is -2.29. The zero-order chi connectivity index (χ0) is 14.3. The number of rotatable bonds is 5. The molecule has 0 saturated carbocycles. The number of carbonyl (C=O) groups excluding carboxylic acids is 1. The summed E-state index contributed by atoms with van der Waals surface area (Å²) in [6, 6.07) is 0. The van der Waals surface area contributed by atoms with Crippen molar-refractivity contribution in [1.82, 2.24) is 4.90 Å². The number of likely N-dealkylation sites (tertiary alicyclic amines) is 1. The molecule has 1 saturated heterocycles. The third-order valence-corrected chi connectivity index (χ3v) is 4.16. The first kappa shape index (κ1) is 16.5. The summed E-state index contributed by atoms with van der Waals surface area (Å²) < 4.78 is 5.24. The molecule has 1 rings (SSSR count). The molecule has 0 N–H and O–H groups in total. The molecular formula is C16H31NO2. The van der Waals surface area contributed by atoms with Gasteiger partial charge < -0.3 is 4.74 Å². The Balaban J connectivity index is 2.31. The van der Waals surface area contributed by atoms with E-state index in [1.165, 1.54) is 19.3 Å². The zero-order valence-corrected chi connectivity index (χ0v) is 13.2. The number of unbranched alkanes of at least 4 members (excludes halogenated alkanes) is 1. The van der Waals surface area contributed by atoms with Gasteiger partial charge in [-0.15, -0.1) is 0 Å². The SMILES string of the molecule is CCCCOC(=O)CN1CCCC(C(C)(C)C)CC1. The molecular weight excluding hydrogens is 238 g/mol. The van der Waals surface area contributed by atoms with Gasteiger partial charge in [0.25, 0.3) is 0 Å². The lowest BCUT2D eigenvalue weighted by atomic mass is 9.77. The van der Waals surface area contributed by atoms with E-state index in [1.54, 1.807) is 0 Å². The topological polar surface area (TPSA) is 29.5 Å². The van der Waals surface area contributed by atoms with Crippen molar-refractivity contribution in [2.45, 2.75) is 59.8 Å². The fourth-order valence-electron chi connectivity index (χ4n) is 2.74. The Morgan fingerprint density at radius 3 is 2.63 bits per heavy atom. The van der Waals surface area contributed by atoms with Crippen molar-refractivity contribution >= 4 is 5.97 Å². The van der Waals surface area contributed by atoms with Crippen LogP contribution in [0.25, 0.3) is 0 Å². The van der Waals surface area contributed by atoms with Crippen LogP contribution in [0.2, 0.25) is 0 Å². The van der Waals surface area contributed by atoms with Crippen molar-refractivity contribution in [1.29, 1.82) is 0 Å². The molecule has 3 heteroatoms. The second-order valence-electron chi connectivity index (χ2n) is 6.84. The monoisotopic (exact) mass is 269 g/mol. The summed E-state index contributed by atoms with van der Waals surface area (Å²) in [6.45, 7) is 12.2. The standard InChI is InChI=1S/C16H31NO2/c1-5-6-12-19-15(18)13-17-10-7-8-14(9-11-17)16(2,3)4/h14H,5-13H2,1-4H3. The van der Waals surface area contributed by atoms with Gasteiger partial charge in [-0.3, -0.25) is 9.69 Å². The Morgan fingerprint density at radius 1 is 1.26 bits per heavy atom. The molecule has 0 amide bonds. The normalized spacial score (nSPS) is 22.0. The van der Waals surface area contributed by atoms with Crippen LogP contribution in [0.3, 0.4) is 0 Å². The molecule has 1 unspecified atom stereocenters. The summed E-state index contributed by atoms with van der Waals surface area (Å²) in [5.41, 5.74) is 0.387. The van der Waals surface area contributed by atoms with Gasteiger partial charge in [0.15, 0.2) is 0 Å². The summed E-state index contributed by atoms with van der Waals surface area (Å²) in [4.78, 5) is 14.0. The van der Waals surface area contributed by atoms with E-state index in [0.717, 1.165) is 31.8 Å². The van der Waals surface area contributed by atoms with Crippen LogP contribution in [0, 0.1) is 11.3 Å². The van der Waals surface area contributed by atoms with Crippen molar-refractivity contribution in [2.24, 2.45) is 11.3 Å². The van der Waals surface area contributed by atoms with Crippen LogP contribution in [-0.2, 0) is 9.53 Å². The fraction of sp³-hybridized carbons (Fsp3) is 0.938. The molecule has 0 aromatic carbocycles. The number of carbonyl (C=O) groups is 1. The molecule has 0 bridgehead atoms. The fourth-order valence-corrected chi connectivity index (χ4v) is 2.74. The van der Waals surface area contributed by atoms with Gasteiger partial charge in [-0.05, 0) is 50.1 Å². The molecule has 1 heterocycles. The Hall–Kier alpha value is -0.570. The van der Waals surface area contributed by atoms with Crippen molar-refractivity contribution in [3.63, 3.8) is 0 Å². The molecule has 0 aromatic heterocycles. The van der Waals surface area contributed by atoms with E-state index in [9.17, 15) is 4.79 Å². The molecule has 0 spiro atoms. The van der Waals surface area contributed by atoms with Crippen LogP contribution < -0.4 is 0 Å². The van der Waals surface area contributed by atoms with Crippen molar-refractivity contribution in [3.8, 4) is 0 Å². The first-order valence-corrected chi connectivity index (χ1v) is 7.81. The summed E-state index contributed by atoms with van der Waals surface area (Å²) in [5.74, 6) is 0.719. The highest BCUT2D eigenvalue weighted by molar-refractivity contribution is 5.71. The predicted octanol–water partition coefficient (Wildman–Crippen LogP) is 3.48. The molecule has 0 radical (unpaired) electrons. The van der Waals surface area contributed by atoms with Crippen LogP contribution in [0.15, 0.2) is 0 Å². The number of hydrogen-bond acceptors (Lipinski definition) is 3. The van der Waals surface area contributed by atoms with Crippen LogP contribution in [0.1, 0.15) is 59.8 Å². The third-order valence-electron chi connectivity index (χ3n) is 4.16. The summed E-state index contributed by atoms with van der Waals surface area (Å²) in [7, 11) is 0. The molecule has 0 aliphatic carbocycles. The van der Waals surface area contributed by atoms with E-state index in [1.807, 2.05) is 0 Å². The van der Waals surface area contributed by atoms with Gasteiger partial charge in [-0.1, -0.05) is 34.1 Å². The lowest BCUT2D eigenvalue weighted by Crippen LogP contribution is -2.32. The minimum atomic E-state index is -0.0531. The highest BCUT2D eigenvalue weighted by atomic mass is 16.5. The van der Waals surface area contributed by atoms with Gasteiger partial charge in [-0.2, -0.15) is 0 Å². The van der Waals surface area contributed by atoms with E-state index in [-0.39, 0.29) is 5.97 Å². The molecule has 1 atom stereocenters. The second kappa shape index (κ2) is 7.88. The summed E-state index contributed by atoms with van der Waals surface area (Å²) in [5, 5.41) is 0. The Labute approximate surface area is 118 Å². The van der Waals surface area contributed by atoms with Gasteiger partial charge in [0, 0.05) is 0 Å². The number of nitrogens with zero attached hydrogens (tertiary/aromatic N) is 1. The minimum Gasteiger partial charge on any atom is -0.465 e. The maximum Gasteiger partial charge on any atom is 0.320 e. The van der Waals surface area contributed by atoms with Crippen molar-refractivity contribution in [3.05, 3.63) is 0 Å². The van der Waals surface area contributed by atoms with Crippen LogP contribution in [0.5, 0.6) is 0 Å². The van der Waals surface area contributed by atoms with Crippen molar-refractivity contribution in [2.75, 3.05) is 26.2 Å². The minimum absolute atomic E-state index is 0.0531. The van der Waals surface area contributed by atoms with Gasteiger partial charge in [-0.25, -0.2) is 0 Å². The molecule has 112 valence electrons. The zero-order valence-electron chi connectivity index (χ0n) is 13.2. The van der Waals surface area contributed by atoms with E-state index in [0.29, 0.717) is 18.6 Å². The summed E-state index contributed by atoms with van der Waals surface area (Å²) >= 11 is 0. The molecule has 1 aliphatic heterocycles. The number of ether oxygens (including phenoxy) is 1. The quantitative estimate of drug-likeness (QED) is 0.565. The maximum atomic E-state index is 11.7. The highest BCUT2D eigenvalue weighted by Gasteiger charge is 2.27. The largest absolute Gasteiger partial charge is 0.465 e. The summed E-state index contributed by atoms with van der Waals surface area (Å²) in [6.07, 6.45) is 5.73. The van der Waals surface area contributed by atoms with Gasteiger partial charge in [0.05, 0.1) is 13.2 Å². The smallest absolute Gasteiger partial charge is 0.320 e. The third kappa shape index (κ3) is 6.42. The molecule has 19 heavy (non-hydrogen) atoms. The van der Waals surface area contributed by atoms with Gasteiger partial charge in [0.1, 0.15) is 0 Å². The van der Waals surface area contributed by atoms with E-state index >= 15 is 0 Å². The van der Waals surface area contributed by atoms with Crippen molar-refractivity contribution < 1.29 is 9.53 Å². The Kier molecular flexibility index (Phi) is 6.84. The lowest BCUT2D eigenvalue weighted by molar-refractivity contribution is -0.145. The molecule has 1 aliphatic rings. The van der Waals surface area contributed by atoms with Gasteiger partial charge in [0.2, 0.25) is 0 Å². The van der Waals surface area contributed by atoms with Crippen LogP contribution in [0.4, 0.5) is 0 Å². The Bertz CT molecular complexity index is 270. The molecule has 0 aromatic rings. The Morgan fingerprint density at radius 2 is 2.00 bits per heavy atom. The highest BCUT2D eigenvalue weighted by Crippen LogP contribution is 2.34. The second-order valence-corrected chi connectivity index (χ2v) is 6.84. The van der Waals surface area contributed by atoms with E-state index < -0.39 is 0 Å². The predicted molar refractivity (Wildman–Crippen MR) is 79.1 cm³/mol. The first-order chi connectivity index (χ1) is 8.93. The average molecular weight is 269 g/mol. The number of hydrogen-bond donors (Lipinski definition) is 0. The van der Waals surface area contributed by atoms with Crippen LogP contribution in [-0.4, -0.2) is 37.1 Å². The molecule has 3 nitrogen and oxygen atoms in total.